The summed E-state index contributed by atoms with van der Waals surface area (Å²) in [5.41, 5.74) is 1.62. The van der Waals surface area contributed by atoms with Crippen molar-refractivity contribution >= 4 is 34.1 Å². The zero-order chi connectivity index (χ0) is 20.4. The molecule has 152 valence electrons. The van der Waals surface area contributed by atoms with Crippen LogP contribution in [-0.4, -0.2) is 45.7 Å². The maximum Gasteiger partial charge on any atom is 0.236 e. The molecule has 3 aromatic rings. The average molecular weight is 433 g/mol. The van der Waals surface area contributed by atoms with E-state index < -0.39 is 0 Å². The first-order valence-electron chi connectivity index (χ1n) is 8.90. The molecule has 9 nitrogen and oxygen atoms in total. The van der Waals surface area contributed by atoms with Crippen LogP contribution in [0.15, 0.2) is 28.7 Å². The van der Waals surface area contributed by atoms with Crippen LogP contribution in [0.3, 0.4) is 0 Å². The number of hydrogen-bond acceptors (Lipinski definition) is 9. The number of nitrogens with one attached hydrogen (secondary N) is 1. The van der Waals surface area contributed by atoms with Crippen molar-refractivity contribution in [1.29, 1.82) is 0 Å². The molecule has 1 aromatic carbocycles. The summed E-state index contributed by atoms with van der Waals surface area (Å²) < 4.78 is 12.1. The van der Waals surface area contributed by atoms with Gasteiger partial charge in [-0.1, -0.05) is 11.8 Å². The highest BCUT2D eigenvalue weighted by Crippen LogP contribution is 2.39. The molecular formula is C18H20N6O3S2. The Balaban J connectivity index is 1.37. The minimum Gasteiger partial charge on any atom is -0.493 e. The number of nitrogen functional groups attached to an aromatic ring is 1. The molecule has 1 saturated carbocycles. The monoisotopic (exact) mass is 432 g/mol. The summed E-state index contributed by atoms with van der Waals surface area (Å²) >= 11 is 2.61. The summed E-state index contributed by atoms with van der Waals surface area (Å²) in [4.78, 5) is 16.8. The Morgan fingerprint density at radius 2 is 2.10 bits per heavy atom. The minimum absolute atomic E-state index is 0.172. The summed E-state index contributed by atoms with van der Waals surface area (Å²) in [5.74, 6) is 8.45. The number of nitrogens with zero attached hydrogens (tertiary/aromatic N) is 4. The standard InChI is InChI=1S/C18H20N6O3S2/c1-26-13-6-5-11(7-14(13)27-2)12-8-28-17(20-12)21-15(25)9-29-18-23-22-16(24(18)19)10-3-4-10/h5-8,10H,3-4,9,19H2,1-2H3,(H,20,21,25). The summed E-state index contributed by atoms with van der Waals surface area (Å²) in [7, 11) is 3.17. The third kappa shape index (κ3) is 4.30. The van der Waals surface area contributed by atoms with Crippen molar-refractivity contribution in [1.82, 2.24) is 19.9 Å². The molecule has 0 spiro atoms. The molecule has 2 aromatic heterocycles. The van der Waals surface area contributed by atoms with Crippen molar-refractivity contribution in [2.45, 2.75) is 23.9 Å². The lowest BCUT2D eigenvalue weighted by Gasteiger charge is -2.08. The van der Waals surface area contributed by atoms with E-state index in [0.717, 1.165) is 29.9 Å². The third-order valence-electron chi connectivity index (χ3n) is 4.40. The Morgan fingerprint density at radius 1 is 1.31 bits per heavy atom. The summed E-state index contributed by atoms with van der Waals surface area (Å²) in [6.45, 7) is 0. The summed E-state index contributed by atoms with van der Waals surface area (Å²) in [6, 6.07) is 5.56. The molecule has 2 heterocycles. The van der Waals surface area contributed by atoms with Gasteiger partial charge in [-0.2, -0.15) is 0 Å². The van der Waals surface area contributed by atoms with Gasteiger partial charge in [0.1, 0.15) is 0 Å². The van der Waals surface area contributed by atoms with E-state index in [1.54, 1.807) is 14.2 Å². The zero-order valence-corrected chi connectivity index (χ0v) is 17.5. The van der Waals surface area contributed by atoms with Crippen molar-refractivity contribution in [2.24, 2.45) is 0 Å². The Kier molecular flexibility index (Phi) is 5.58. The smallest absolute Gasteiger partial charge is 0.236 e. The second-order valence-corrected chi connectivity index (χ2v) is 8.23. The van der Waals surface area contributed by atoms with Gasteiger partial charge in [0.25, 0.3) is 0 Å². The van der Waals surface area contributed by atoms with Gasteiger partial charge >= 0.3 is 0 Å². The van der Waals surface area contributed by atoms with Gasteiger partial charge in [-0.3, -0.25) is 4.79 Å². The maximum atomic E-state index is 12.3. The number of nitrogens with two attached hydrogens (primary N) is 1. The number of aromatic nitrogens is 4. The number of carbonyl (C=O) groups excluding carboxylic acids is 1. The Hall–Kier alpha value is -2.79. The number of ether oxygens (including phenoxy) is 2. The van der Waals surface area contributed by atoms with Gasteiger partial charge in [0.15, 0.2) is 22.5 Å². The number of carbonyl (C=O) groups is 1. The van der Waals surface area contributed by atoms with Gasteiger partial charge < -0.3 is 20.6 Å². The lowest BCUT2D eigenvalue weighted by molar-refractivity contribution is -0.113. The van der Waals surface area contributed by atoms with Crippen molar-refractivity contribution in [2.75, 3.05) is 31.1 Å². The van der Waals surface area contributed by atoms with Crippen LogP contribution in [0.1, 0.15) is 24.6 Å². The molecule has 1 aliphatic rings. The second kappa shape index (κ2) is 8.29. The Bertz CT molecular complexity index is 1030. The minimum atomic E-state index is -0.181. The van der Waals surface area contributed by atoms with Crippen LogP contribution in [0.5, 0.6) is 11.5 Å². The quantitative estimate of drug-likeness (QED) is 0.412. The molecule has 4 rings (SSSR count). The number of thiazole rings is 1. The number of amides is 1. The molecule has 1 aliphatic carbocycles. The number of thioether (sulfide) groups is 1. The lowest BCUT2D eigenvalue weighted by Crippen LogP contribution is -2.17. The molecule has 0 atom stereocenters. The molecule has 0 radical (unpaired) electrons. The van der Waals surface area contributed by atoms with Gasteiger partial charge in [-0.15, -0.1) is 21.5 Å². The highest BCUT2D eigenvalue weighted by Gasteiger charge is 2.30. The van der Waals surface area contributed by atoms with E-state index in [0.29, 0.717) is 27.7 Å². The number of hydrogen-bond donors (Lipinski definition) is 2. The first kappa shape index (κ1) is 19.5. The van der Waals surface area contributed by atoms with Crippen molar-refractivity contribution in [3.05, 3.63) is 29.4 Å². The van der Waals surface area contributed by atoms with E-state index in [1.165, 1.54) is 27.8 Å². The van der Waals surface area contributed by atoms with Crippen LogP contribution in [0.4, 0.5) is 5.13 Å². The maximum absolute atomic E-state index is 12.3. The van der Waals surface area contributed by atoms with Gasteiger partial charge in [0, 0.05) is 16.9 Å². The van der Waals surface area contributed by atoms with E-state index >= 15 is 0 Å². The Morgan fingerprint density at radius 3 is 2.83 bits per heavy atom. The molecule has 29 heavy (non-hydrogen) atoms. The highest BCUT2D eigenvalue weighted by atomic mass is 32.2. The number of rotatable bonds is 8. The highest BCUT2D eigenvalue weighted by molar-refractivity contribution is 7.99. The lowest BCUT2D eigenvalue weighted by atomic mass is 10.1. The molecule has 1 amide bonds. The first-order chi connectivity index (χ1) is 14.1. The largest absolute Gasteiger partial charge is 0.493 e. The van der Waals surface area contributed by atoms with Gasteiger partial charge in [0.2, 0.25) is 11.1 Å². The molecule has 0 bridgehead atoms. The van der Waals surface area contributed by atoms with E-state index in [4.69, 9.17) is 15.3 Å². The average Bonchev–Trinajstić information content (AvgIpc) is 3.36. The number of benzene rings is 1. The van der Waals surface area contributed by atoms with Crippen molar-refractivity contribution in [3.63, 3.8) is 0 Å². The SMILES string of the molecule is COc1ccc(-c2csc(NC(=O)CSc3nnc(C4CC4)n3N)n2)cc1OC. The van der Waals surface area contributed by atoms with Gasteiger partial charge in [-0.05, 0) is 31.0 Å². The molecular weight excluding hydrogens is 412 g/mol. The third-order valence-corrected chi connectivity index (χ3v) is 6.10. The van der Waals surface area contributed by atoms with Gasteiger partial charge in [-0.25, -0.2) is 9.66 Å². The summed E-state index contributed by atoms with van der Waals surface area (Å²) in [6.07, 6.45) is 2.18. The van der Waals surface area contributed by atoms with Crippen LogP contribution >= 0.6 is 23.1 Å². The number of anilines is 1. The van der Waals surface area contributed by atoms with Crippen LogP contribution in [0.2, 0.25) is 0 Å². The van der Waals surface area contributed by atoms with E-state index in [-0.39, 0.29) is 11.7 Å². The van der Waals surface area contributed by atoms with Crippen LogP contribution in [0.25, 0.3) is 11.3 Å². The summed E-state index contributed by atoms with van der Waals surface area (Å²) in [5, 5.41) is 13.9. The molecule has 11 heteroatoms. The van der Waals surface area contributed by atoms with Crippen LogP contribution in [0, 0.1) is 0 Å². The number of methoxy groups -OCH3 is 2. The second-order valence-electron chi connectivity index (χ2n) is 6.43. The van der Waals surface area contributed by atoms with E-state index in [9.17, 15) is 4.79 Å². The first-order valence-corrected chi connectivity index (χ1v) is 10.8. The predicted octanol–water partition coefficient (Wildman–Crippen LogP) is 2.74. The molecule has 3 N–H and O–H groups in total. The predicted molar refractivity (Wildman–Crippen MR) is 112 cm³/mol. The van der Waals surface area contributed by atoms with Gasteiger partial charge in [0.05, 0.1) is 25.7 Å². The van der Waals surface area contributed by atoms with Crippen molar-refractivity contribution < 1.29 is 14.3 Å². The van der Waals surface area contributed by atoms with E-state index in [1.807, 2.05) is 23.6 Å². The Labute approximate surface area is 175 Å². The zero-order valence-electron chi connectivity index (χ0n) is 15.9. The molecule has 0 aliphatic heterocycles. The van der Waals surface area contributed by atoms with Crippen molar-refractivity contribution in [3.8, 4) is 22.8 Å². The van der Waals surface area contributed by atoms with E-state index in [2.05, 4.69) is 20.5 Å². The fourth-order valence-corrected chi connectivity index (χ4v) is 4.15. The fourth-order valence-electron chi connectivity index (χ4n) is 2.75. The molecule has 0 unspecified atom stereocenters. The van der Waals surface area contributed by atoms with Crippen LogP contribution < -0.4 is 20.6 Å². The fraction of sp³-hybridized carbons (Fsp3) is 0.333. The molecule has 0 saturated heterocycles. The normalized spacial score (nSPS) is 13.3. The van der Waals surface area contributed by atoms with Crippen LogP contribution in [-0.2, 0) is 4.79 Å². The topological polar surface area (TPSA) is 117 Å². The molecule has 1 fully saturated rings.